The number of benzene rings is 1. The van der Waals surface area contributed by atoms with Gasteiger partial charge in [-0.2, -0.15) is 0 Å². The Morgan fingerprint density at radius 3 is 2.71 bits per heavy atom. The van der Waals surface area contributed by atoms with Crippen molar-refractivity contribution in [1.82, 2.24) is 0 Å². The van der Waals surface area contributed by atoms with Gasteiger partial charge in [0.1, 0.15) is 5.75 Å². The third kappa shape index (κ3) is 4.51. The quantitative estimate of drug-likeness (QED) is 0.853. The van der Waals surface area contributed by atoms with Crippen molar-refractivity contribution >= 4 is 0 Å². The lowest BCUT2D eigenvalue weighted by Gasteiger charge is -2.32. The molecule has 0 bridgehead atoms. The van der Waals surface area contributed by atoms with E-state index in [9.17, 15) is 0 Å². The molecule has 1 aromatic rings. The summed E-state index contributed by atoms with van der Waals surface area (Å²) in [5.41, 5.74) is 2.15. The van der Waals surface area contributed by atoms with Crippen molar-refractivity contribution < 1.29 is 9.84 Å². The Morgan fingerprint density at radius 1 is 1.24 bits per heavy atom. The fraction of sp³-hybridized carbons (Fsp3) is 0.579. The molecule has 1 N–H and O–H groups in total. The number of aliphatic hydroxyl groups is 1. The number of rotatable bonds is 3. The smallest absolute Gasteiger partial charge is 0.120 e. The second-order valence-corrected chi connectivity index (χ2v) is 6.26. The third-order valence-electron chi connectivity index (χ3n) is 4.51. The Balaban J connectivity index is 1.99. The molecule has 2 nitrogen and oxygen atoms in total. The fourth-order valence-electron chi connectivity index (χ4n) is 2.86. The van der Waals surface area contributed by atoms with E-state index < -0.39 is 0 Å². The van der Waals surface area contributed by atoms with Crippen LogP contribution in [0.1, 0.15) is 50.7 Å². The molecule has 3 unspecified atom stereocenters. The Kier molecular flexibility index (Phi) is 5.70. The summed E-state index contributed by atoms with van der Waals surface area (Å²) in [4.78, 5) is 0. The van der Waals surface area contributed by atoms with Crippen molar-refractivity contribution in [3.8, 4) is 17.6 Å². The first-order valence-corrected chi connectivity index (χ1v) is 7.97. The highest BCUT2D eigenvalue weighted by Gasteiger charge is 2.25. The van der Waals surface area contributed by atoms with Gasteiger partial charge in [0.15, 0.2) is 0 Å². The van der Waals surface area contributed by atoms with Gasteiger partial charge < -0.3 is 9.84 Å². The molecule has 0 amide bonds. The number of hydrogen-bond acceptors (Lipinski definition) is 2. The standard InChI is InChI=1S/C19H26O2/c1-14-7-9-18(12-15(14)2)21-19-10-8-17(16(3)13-19)6-4-5-11-20/h8,10,13-15,18,20H,5,7,9,11-12H2,1-3H3. The predicted molar refractivity (Wildman–Crippen MR) is 86.4 cm³/mol. The molecule has 0 aliphatic heterocycles. The number of aliphatic hydroxyl groups excluding tert-OH is 1. The van der Waals surface area contributed by atoms with Crippen LogP contribution in [0.2, 0.25) is 0 Å². The summed E-state index contributed by atoms with van der Waals surface area (Å²) < 4.78 is 6.15. The van der Waals surface area contributed by atoms with Crippen LogP contribution in [0, 0.1) is 30.6 Å². The highest BCUT2D eigenvalue weighted by atomic mass is 16.5. The first-order valence-electron chi connectivity index (χ1n) is 7.97. The molecule has 0 heterocycles. The summed E-state index contributed by atoms with van der Waals surface area (Å²) in [7, 11) is 0. The zero-order valence-electron chi connectivity index (χ0n) is 13.4. The Hall–Kier alpha value is -1.46. The average molecular weight is 286 g/mol. The van der Waals surface area contributed by atoms with Crippen LogP contribution in [0.25, 0.3) is 0 Å². The van der Waals surface area contributed by atoms with Crippen molar-refractivity contribution in [3.63, 3.8) is 0 Å². The molecule has 21 heavy (non-hydrogen) atoms. The minimum absolute atomic E-state index is 0.117. The first-order chi connectivity index (χ1) is 10.1. The van der Waals surface area contributed by atoms with Crippen molar-refractivity contribution in [2.75, 3.05) is 6.61 Å². The molecule has 0 radical (unpaired) electrons. The molecule has 2 heteroatoms. The summed E-state index contributed by atoms with van der Waals surface area (Å²) >= 11 is 0. The van der Waals surface area contributed by atoms with Crippen molar-refractivity contribution in [2.45, 2.75) is 52.6 Å². The molecular weight excluding hydrogens is 260 g/mol. The zero-order valence-corrected chi connectivity index (χ0v) is 13.4. The van der Waals surface area contributed by atoms with Crippen molar-refractivity contribution in [3.05, 3.63) is 29.3 Å². The Bertz CT molecular complexity index is 524. The van der Waals surface area contributed by atoms with E-state index in [-0.39, 0.29) is 6.61 Å². The molecule has 1 aliphatic carbocycles. The molecule has 1 aliphatic rings. The average Bonchev–Trinajstić information content (AvgIpc) is 2.45. The number of aryl methyl sites for hydroxylation is 1. The topological polar surface area (TPSA) is 29.5 Å². The maximum Gasteiger partial charge on any atom is 0.120 e. The van der Waals surface area contributed by atoms with Crippen LogP contribution in [0.4, 0.5) is 0 Å². The van der Waals surface area contributed by atoms with Crippen molar-refractivity contribution in [1.29, 1.82) is 0 Å². The van der Waals surface area contributed by atoms with Crippen LogP contribution in [0.3, 0.4) is 0 Å². The van der Waals surface area contributed by atoms with Gasteiger partial charge in [-0.05, 0) is 61.8 Å². The summed E-state index contributed by atoms with van der Waals surface area (Å²) in [5.74, 6) is 8.57. The van der Waals surface area contributed by atoms with Gasteiger partial charge in [-0.3, -0.25) is 0 Å². The van der Waals surface area contributed by atoms with Crippen molar-refractivity contribution in [2.24, 2.45) is 11.8 Å². The van der Waals surface area contributed by atoms with E-state index in [0.29, 0.717) is 12.5 Å². The molecule has 3 atom stereocenters. The molecule has 0 saturated heterocycles. The maximum absolute atomic E-state index is 8.76. The van der Waals surface area contributed by atoms with Crippen LogP contribution in [0.5, 0.6) is 5.75 Å². The molecule has 0 spiro atoms. The van der Waals surface area contributed by atoms with Gasteiger partial charge in [-0.15, -0.1) is 0 Å². The highest BCUT2D eigenvalue weighted by molar-refractivity contribution is 5.44. The lowest BCUT2D eigenvalue weighted by atomic mass is 9.80. The largest absolute Gasteiger partial charge is 0.490 e. The van der Waals surface area contributed by atoms with Crippen LogP contribution >= 0.6 is 0 Å². The molecule has 1 fully saturated rings. The minimum Gasteiger partial charge on any atom is -0.490 e. The van der Waals surface area contributed by atoms with Gasteiger partial charge in [0.2, 0.25) is 0 Å². The summed E-state index contributed by atoms with van der Waals surface area (Å²) in [6.07, 6.45) is 4.44. The van der Waals surface area contributed by atoms with Gasteiger partial charge >= 0.3 is 0 Å². The summed E-state index contributed by atoms with van der Waals surface area (Å²) in [5, 5.41) is 8.76. The Morgan fingerprint density at radius 2 is 2.05 bits per heavy atom. The van der Waals surface area contributed by atoms with E-state index in [1.54, 1.807) is 0 Å². The molecular formula is C19H26O2. The lowest BCUT2D eigenvalue weighted by molar-refractivity contribution is 0.101. The lowest BCUT2D eigenvalue weighted by Crippen LogP contribution is -2.28. The third-order valence-corrected chi connectivity index (χ3v) is 4.51. The SMILES string of the molecule is Cc1cc(OC2CCC(C)C(C)C2)ccc1C#CCCO. The number of hydrogen-bond donors (Lipinski definition) is 1. The summed E-state index contributed by atoms with van der Waals surface area (Å²) in [6.45, 7) is 6.84. The van der Waals surface area contributed by atoms with Gasteiger partial charge in [-0.1, -0.05) is 25.7 Å². The van der Waals surface area contributed by atoms with Crippen LogP contribution in [-0.4, -0.2) is 17.8 Å². The van der Waals surface area contributed by atoms with E-state index in [2.05, 4.69) is 38.7 Å². The van der Waals surface area contributed by atoms with Crippen LogP contribution < -0.4 is 4.74 Å². The predicted octanol–water partition coefficient (Wildman–Crippen LogP) is 3.93. The molecule has 2 rings (SSSR count). The second-order valence-electron chi connectivity index (χ2n) is 6.26. The zero-order chi connectivity index (χ0) is 15.2. The van der Waals surface area contributed by atoms with E-state index in [1.807, 2.05) is 12.1 Å². The molecule has 114 valence electrons. The second kappa shape index (κ2) is 7.52. The maximum atomic E-state index is 8.76. The number of ether oxygens (including phenoxy) is 1. The normalized spacial score (nSPS) is 25.0. The highest BCUT2D eigenvalue weighted by Crippen LogP contribution is 2.32. The van der Waals surface area contributed by atoms with Crippen LogP contribution in [0.15, 0.2) is 18.2 Å². The summed E-state index contributed by atoms with van der Waals surface area (Å²) in [6, 6.07) is 6.11. The first kappa shape index (κ1) is 15.9. The van der Waals surface area contributed by atoms with E-state index >= 15 is 0 Å². The minimum atomic E-state index is 0.117. The van der Waals surface area contributed by atoms with Gasteiger partial charge in [0.05, 0.1) is 12.7 Å². The Labute approximate surface area is 128 Å². The van der Waals surface area contributed by atoms with Gasteiger partial charge in [-0.25, -0.2) is 0 Å². The van der Waals surface area contributed by atoms with E-state index in [1.165, 1.54) is 6.42 Å². The monoisotopic (exact) mass is 286 g/mol. The van der Waals surface area contributed by atoms with Gasteiger partial charge in [0.25, 0.3) is 0 Å². The van der Waals surface area contributed by atoms with E-state index in [4.69, 9.17) is 9.84 Å². The molecule has 1 aromatic carbocycles. The molecule has 0 aromatic heterocycles. The van der Waals surface area contributed by atoms with Gasteiger partial charge in [0, 0.05) is 12.0 Å². The fourth-order valence-corrected chi connectivity index (χ4v) is 2.86. The molecule has 1 saturated carbocycles. The van der Waals surface area contributed by atoms with Crippen LogP contribution in [-0.2, 0) is 0 Å². The van der Waals surface area contributed by atoms with E-state index in [0.717, 1.165) is 41.6 Å².